The van der Waals surface area contributed by atoms with Crippen molar-refractivity contribution in [3.63, 3.8) is 0 Å². The van der Waals surface area contributed by atoms with E-state index in [1.165, 1.54) is 0 Å². The van der Waals surface area contributed by atoms with Crippen LogP contribution in [0.5, 0.6) is 0 Å². The molecule has 0 saturated carbocycles. The zero-order valence-electron chi connectivity index (χ0n) is 5.75. The van der Waals surface area contributed by atoms with Crippen LogP contribution in [0.2, 0.25) is 0 Å². The predicted octanol–water partition coefficient (Wildman–Crippen LogP) is 2.72. The van der Waals surface area contributed by atoms with Gasteiger partial charge in [0.15, 0.2) is 0 Å². The summed E-state index contributed by atoms with van der Waals surface area (Å²) in [5.74, 6) is 0. The van der Waals surface area contributed by atoms with Crippen LogP contribution in [0.15, 0.2) is 18.2 Å². The number of hydrogen-bond acceptors (Lipinski definition) is 0. The van der Waals surface area contributed by atoms with Crippen molar-refractivity contribution in [2.24, 2.45) is 0 Å². The average Bonchev–Trinajstić information content (AvgIpc) is 1.81. The molecule has 0 rings (SSSR count). The van der Waals surface area contributed by atoms with Crippen LogP contribution in [0, 0.1) is 6.58 Å². The SMILES string of the molecule is [CH]=CCCC=CCC.[Pt]. The minimum atomic E-state index is 0. The van der Waals surface area contributed by atoms with E-state index in [2.05, 4.69) is 19.1 Å². The fourth-order valence-corrected chi connectivity index (χ4v) is 0.477. The molecule has 0 bridgehead atoms. The molecule has 0 amide bonds. The summed E-state index contributed by atoms with van der Waals surface area (Å²) < 4.78 is 0. The number of rotatable bonds is 4. The van der Waals surface area contributed by atoms with E-state index in [4.69, 9.17) is 6.58 Å². The largest absolute Gasteiger partial charge is 0.0888 e. The Balaban J connectivity index is 0. The first-order chi connectivity index (χ1) is 3.91. The molecular formula is C8H13Pt. The first-order valence-electron chi connectivity index (χ1n) is 3.10. The summed E-state index contributed by atoms with van der Waals surface area (Å²) in [5, 5.41) is 0. The fourth-order valence-electron chi connectivity index (χ4n) is 0.477. The van der Waals surface area contributed by atoms with Gasteiger partial charge in [0.2, 0.25) is 0 Å². The molecule has 0 heterocycles. The summed E-state index contributed by atoms with van der Waals surface area (Å²) in [4.78, 5) is 0. The minimum Gasteiger partial charge on any atom is -0.0888 e. The van der Waals surface area contributed by atoms with Gasteiger partial charge in [-0.05, 0) is 19.3 Å². The van der Waals surface area contributed by atoms with Gasteiger partial charge in [-0.25, -0.2) is 0 Å². The standard InChI is InChI=1S/C8H13.Pt/c1-3-5-7-8-6-4-2;/h1,3,6,8H,4-5,7H2,2H3;. The van der Waals surface area contributed by atoms with Crippen molar-refractivity contribution in [3.8, 4) is 0 Å². The van der Waals surface area contributed by atoms with E-state index in [1.54, 1.807) is 6.08 Å². The van der Waals surface area contributed by atoms with Crippen molar-refractivity contribution in [1.82, 2.24) is 0 Å². The van der Waals surface area contributed by atoms with Crippen LogP contribution in [-0.2, 0) is 21.1 Å². The van der Waals surface area contributed by atoms with Crippen molar-refractivity contribution >= 4 is 0 Å². The summed E-state index contributed by atoms with van der Waals surface area (Å²) in [6, 6.07) is 0. The topological polar surface area (TPSA) is 0 Å². The Hall–Kier alpha value is 0.168. The monoisotopic (exact) mass is 304 g/mol. The van der Waals surface area contributed by atoms with Crippen LogP contribution < -0.4 is 0 Å². The first-order valence-corrected chi connectivity index (χ1v) is 3.10. The van der Waals surface area contributed by atoms with Gasteiger partial charge in [-0.2, -0.15) is 0 Å². The maximum atomic E-state index is 5.15. The van der Waals surface area contributed by atoms with Gasteiger partial charge < -0.3 is 0 Å². The van der Waals surface area contributed by atoms with Crippen LogP contribution in [-0.4, -0.2) is 0 Å². The molecule has 1 heteroatoms. The van der Waals surface area contributed by atoms with Crippen molar-refractivity contribution in [1.29, 1.82) is 0 Å². The van der Waals surface area contributed by atoms with Crippen molar-refractivity contribution < 1.29 is 21.1 Å². The maximum absolute atomic E-state index is 5.15. The second kappa shape index (κ2) is 11.0. The maximum Gasteiger partial charge on any atom is 0 e. The summed E-state index contributed by atoms with van der Waals surface area (Å²) in [5.41, 5.74) is 0. The Morgan fingerprint density at radius 1 is 1.22 bits per heavy atom. The molecule has 0 aliphatic heterocycles. The molecular weight excluding hydrogens is 291 g/mol. The van der Waals surface area contributed by atoms with Gasteiger partial charge in [0, 0.05) is 21.1 Å². The fraction of sp³-hybridized carbons (Fsp3) is 0.500. The van der Waals surface area contributed by atoms with E-state index in [9.17, 15) is 0 Å². The van der Waals surface area contributed by atoms with E-state index in [0.29, 0.717) is 0 Å². The van der Waals surface area contributed by atoms with E-state index >= 15 is 0 Å². The summed E-state index contributed by atoms with van der Waals surface area (Å²) in [7, 11) is 0. The average molecular weight is 304 g/mol. The van der Waals surface area contributed by atoms with Gasteiger partial charge in [0.05, 0.1) is 0 Å². The van der Waals surface area contributed by atoms with Crippen molar-refractivity contribution in [3.05, 3.63) is 24.8 Å². The molecule has 0 spiro atoms. The molecule has 55 valence electrons. The molecule has 0 atom stereocenters. The zero-order chi connectivity index (χ0) is 6.24. The summed E-state index contributed by atoms with van der Waals surface area (Å²) >= 11 is 0. The summed E-state index contributed by atoms with van der Waals surface area (Å²) in [6.45, 7) is 7.28. The second-order valence-corrected chi connectivity index (χ2v) is 1.69. The summed E-state index contributed by atoms with van der Waals surface area (Å²) in [6.07, 6.45) is 9.22. The molecule has 0 nitrogen and oxygen atoms in total. The third kappa shape index (κ3) is 11.6. The van der Waals surface area contributed by atoms with Gasteiger partial charge in [-0.1, -0.05) is 31.7 Å². The minimum absolute atomic E-state index is 0. The number of allylic oxidation sites excluding steroid dienone is 3. The van der Waals surface area contributed by atoms with E-state index in [-0.39, 0.29) is 21.1 Å². The molecule has 0 aromatic rings. The van der Waals surface area contributed by atoms with Crippen LogP contribution in [0.4, 0.5) is 0 Å². The van der Waals surface area contributed by atoms with E-state index in [1.807, 2.05) is 0 Å². The van der Waals surface area contributed by atoms with Gasteiger partial charge in [0.25, 0.3) is 0 Å². The number of unbranched alkanes of at least 4 members (excludes halogenated alkanes) is 1. The molecule has 9 heavy (non-hydrogen) atoms. The Bertz CT molecular complexity index is 74.6. The molecule has 0 saturated heterocycles. The zero-order valence-corrected chi connectivity index (χ0v) is 8.02. The second-order valence-electron chi connectivity index (χ2n) is 1.69. The molecule has 0 aromatic heterocycles. The van der Waals surface area contributed by atoms with Gasteiger partial charge in [-0.15, -0.1) is 0 Å². The third-order valence-electron chi connectivity index (χ3n) is 0.902. The normalized spacial score (nSPS) is 9.00. The number of hydrogen-bond donors (Lipinski definition) is 0. The molecule has 0 aliphatic rings. The first kappa shape index (κ1) is 11.9. The smallest absolute Gasteiger partial charge is 0 e. The molecule has 0 aromatic carbocycles. The van der Waals surface area contributed by atoms with Crippen LogP contribution in [0.1, 0.15) is 26.2 Å². The quantitative estimate of drug-likeness (QED) is 0.553. The molecule has 0 N–H and O–H groups in total. The van der Waals surface area contributed by atoms with Crippen LogP contribution in [0.3, 0.4) is 0 Å². The van der Waals surface area contributed by atoms with Crippen LogP contribution in [0.25, 0.3) is 0 Å². The Kier molecular flexibility index (Phi) is 14.6. The Morgan fingerprint density at radius 3 is 2.33 bits per heavy atom. The van der Waals surface area contributed by atoms with Gasteiger partial charge in [-0.3, -0.25) is 0 Å². The molecule has 0 fully saturated rings. The van der Waals surface area contributed by atoms with E-state index in [0.717, 1.165) is 19.3 Å². The Labute approximate surface area is 72.3 Å². The van der Waals surface area contributed by atoms with Crippen molar-refractivity contribution in [2.75, 3.05) is 0 Å². The van der Waals surface area contributed by atoms with Crippen molar-refractivity contribution in [2.45, 2.75) is 26.2 Å². The Morgan fingerprint density at radius 2 is 1.89 bits per heavy atom. The molecule has 0 unspecified atom stereocenters. The van der Waals surface area contributed by atoms with E-state index < -0.39 is 0 Å². The van der Waals surface area contributed by atoms with Gasteiger partial charge in [0.1, 0.15) is 0 Å². The predicted molar refractivity (Wildman–Crippen MR) is 37.5 cm³/mol. The van der Waals surface area contributed by atoms with Gasteiger partial charge >= 0.3 is 0 Å². The molecule has 1 radical (unpaired) electrons. The van der Waals surface area contributed by atoms with Crippen LogP contribution >= 0.6 is 0 Å². The third-order valence-corrected chi connectivity index (χ3v) is 0.902. The molecule has 0 aliphatic carbocycles.